The van der Waals surface area contributed by atoms with Gasteiger partial charge in [0.05, 0.1) is 7.05 Å². The third-order valence-corrected chi connectivity index (χ3v) is 3.32. The highest BCUT2D eigenvalue weighted by Crippen LogP contribution is 2.30. The maximum atomic E-state index is 7.15. The smallest absolute Gasteiger partial charge is 0.243 e. The van der Waals surface area contributed by atoms with Crippen molar-refractivity contribution >= 4 is 5.69 Å². The summed E-state index contributed by atoms with van der Waals surface area (Å²) in [6.45, 7) is 13.5. The first-order chi connectivity index (χ1) is 8.04. The third kappa shape index (κ3) is 1.87. The molecule has 1 aromatic carbocycles. The van der Waals surface area contributed by atoms with Gasteiger partial charge in [-0.25, -0.2) is 0 Å². The standard InChI is InChI=1S/C14H17N3/c1-10-6-7-13(11(2)8-10)17-9-14(15-4)16(5)12(17)3/h6-9,12H,1-3,5H3/t12-/m0/s1. The summed E-state index contributed by atoms with van der Waals surface area (Å²) in [5.74, 6) is 0.692. The van der Waals surface area contributed by atoms with E-state index < -0.39 is 0 Å². The fourth-order valence-electron chi connectivity index (χ4n) is 2.18. The molecule has 0 N–H and O–H groups in total. The fraction of sp³-hybridized carbons (Fsp3) is 0.357. The molecule has 0 bridgehead atoms. The number of nitrogens with zero attached hydrogens (tertiary/aromatic N) is 3. The number of hydrogen-bond donors (Lipinski definition) is 0. The molecular weight excluding hydrogens is 210 g/mol. The van der Waals surface area contributed by atoms with Crippen LogP contribution in [0.1, 0.15) is 18.1 Å². The molecule has 0 amide bonds. The molecule has 0 saturated carbocycles. The Labute approximate surface area is 103 Å². The highest BCUT2D eigenvalue weighted by molar-refractivity contribution is 5.59. The van der Waals surface area contributed by atoms with E-state index in [1.54, 1.807) is 0 Å². The van der Waals surface area contributed by atoms with Gasteiger partial charge < -0.3 is 14.6 Å². The lowest BCUT2D eigenvalue weighted by molar-refractivity contribution is 0.365. The van der Waals surface area contributed by atoms with Gasteiger partial charge in [-0.2, -0.15) is 0 Å². The number of rotatable bonds is 1. The van der Waals surface area contributed by atoms with Crippen LogP contribution in [0.25, 0.3) is 4.85 Å². The predicted octanol–water partition coefficient (Wildman–Crippen LogP) is 3.12. The molecule has 17 heavy (non-hydrogen) atoms. The van der Waals surface area contributed by atoms with E-state index in [1.165, 1.54) is 16.8 Å². The van der Waals surface area contributed by atoms with Gasteiger partial charge in [0, 0.05) is 11.9 Å². The van der Waals surface area contributed by atoms with Crippen molar-refractivity contribution in [3.63, 3.8) is 0 Å². The lowest BCUT2D eigenvalue weighted by atomic mass is 10.1. The molecule has 1 aliphatic heterocycles. The Morgan fingerprint density at radius 2 is 2.00 bits per heavy atom. The molecule has 3 heteroatoms. The van der Waals surface area contributed by atoms with Gasteiger partial charge in [-0.3, -0.25) is 0 Å². The average Bonchev–Trinajstić information content (AvgIpc) is 2.57. The number of benzene rings is 1. The monoisotopic (exact) mass is 227 g/mol. The highest BCUT2D eigenvalue weighted by Gasteiger charge is 2.29. The minimum Gasteiger partial charge on any atom is -0.363 e. The van der Waals surface area contributed by atoms with Crippen LogP contribution >= 0.6 is 0 Å². The van der Waals surface area contributed by atoms with Crippen LogP contribution in [0.5, 0.6) is 0 Å². The van der Waals surface area contributed by atoms with Crippen molar-refractivity contribution in [3.8, 4) is 0 Å². The van der Waals surface area contributed by atoms with Crippen LogP contribution in [-0.2, 0) is 0 Å². The predicted molar refractivity (Wildman–Crippen MR) is 70.3 cm³/mol. The largest absolute Gasteiger partial charge is 0.363 e. The van der Waals surface area contributed by atoms with Crippen molar-refractivity contribution < 1.29 is 0 Å². The summed E-state index contributed by atoms with van der Waals surface area (Å²) >= 11 is 0. The zero-order valence-corrected chi connectivity index (χ0v) is 10.7. The molecule has 0 fully saturated rings. The summed E-state index contributed by atoms with van der Waals surface area (Å²) in [4.78, 5) is 7.68. The molecule has 1 atom stereocenters. The molecule has 0 spiro atoms. The lowest BCUT2D eigenvalue weighted by Gasteiger charge is -2.26. The summed E-state index contributed by atoms with van der Waals surface area (Å²) < 4.78 is 0. The SMILES string of the molecule is [C-]#[N+]C1=CN(c2ccc(C)cc2C)[C@@H](C)N1C. The Morgan fingerprint density at radius 1 is 1.29 bits per heavy atom. The number of anilines is 1. The van der Waals surface area contributed by atoms with Crippen LogP contribution in [0.3, 0.4) is 0 Å². The second-order valence-electron chi connectivity index (χ2n) is 4.54. The minimum atomic E-state index is 0.195. The quantitative estimate of drug-likeness (QED) is 0.683. The van der Waals surface area contributed by atoms with E-state index in [1.807, 2.05) is 18.1 Å². The van der Waals surface area contributed by atoms with Crippen LogP contribution in [0.15, 0.2) is 30.2 Å². The maximum Gasteiger partial charge on any atom is 0.243 e. The lowest BCUT2D eigenvalue weighted by Crippen LogP contribution is -2.34. The van der Waals surface area contributed by atoms with E-state index in [-0.39, 0.29) is 6.17 Å². The Morgan fingerprint density at radius 3 is 2.53 bits per heavy atom. The summed E-state index contributed by atoms with van der Waals surface area (Å²) in [6.07, 6.45) is 2.12. The molecular formula is C14H17N3. The maximum absolute atomic E-state index is 7.15. The topological polar surface area (TPSA) is 10.8 Å². The molecule has 0 aromatic heterocycles. The van der Waals surface area contributed by atoms with Gasteiger partial charge in [0.1, 0.15) is 0 Å². The van der Waals surface area contributed by atoms with E-state index in [0.717, 1.165) is 0 Å². The molecule has 0 aliphatic carbocycles. The van der Waals surface area contributed by atoms with Gasteiger partial charge in [-0.15, -0.1) is 0 Å². The summed E-state index contributed by atoms with van der Waals surface area (Å²) in [5.41, 5.74) is 3.68. The zero-order chi connectivity index (χ0) is 12.6. The van der Waals surface area contributed by atoms with E-state index in [4.69, 9.17) is 6.57 Å². The van der Waals surface area contributed by atoms with Gasteiger partial charge in [0.15, 0.2) is 6.17 Å². The van der Waals surface area contributed by atoms with E-state index in [0.29, 0.717) is 5.82 Å². The van der Waals surface area contributed by atoms with Crippen molar-refractivity contribution in [1.82, 2.24) is 4.90 Å². The Hall–Kier alpha value is -1.95. The first-order valence-corrected chi connectivity index (χ1v) is 5.72. The van der Waals surface area contributed by atoms with E-state index >= 15 is 0 Å². The van der Waals surface area contributed by atoms with Crippen LogP contribution in [-0.4, -0.2) is 18.1 Å². The van der Waals surface area contributed by atoms with Gasteiger partial charge in [-0.05, 0) is 32.4 Å². The Bertz CT molecular complexity index is 511. The summed E-state index contributed by atoms with van der Waals surface area (Å²) in [6, 6.07) is 6.41. The van der Waals surface area contributed by atoms with Crippen molar-refractivity contribution in [3.05, 3.63) is 52.8 Å². The normalized spacial score (nSPS) is 19.2. The fourth-order valence-corrected chi connectivity index (χ4v) is 2.18. The van der Waals surface area contributed by atoms with Crippen LogP contribution in [0, 0.1) is 20.4 Å². The molecule has 88 valence electrons. The Kier molecular flexibility index (Phi) is 2.81. The minimum absolute atomic E-state index is 0.195. The molecule has 0 unspecified atom stereocenters. The zero-order valence-electron chi connectivity index (χ0n) is 10.7. The van der Waals surface area contributed by atoms with Gasteiger partial charge in [0.2, 0.25) is 5.82 Å². The second kappa shape index (κ2) is 4.14. The van der Waals surface area contributed by atoms with E-state index in [2.05, 4.69) is 48.7 Å². The molecule has 1 aliphatic rings. The molecule has 1 aromatic rings. The van der Waals surface area contributed by atoms with Crippen LogP contribution < -0.4 is 4.90 Å². The van der Waals surface area contributed by atoms with E-state index in [9.17, 15) is 0 Å². The van der Waals surface area contributed by atoms with Crippen LogP contribution in [0.2, 0.25) is 0 Å². The number of aryl methyl sites for hydroxylation is 2. The average molecular weight is 227 g/mol. The van der Waals surface area contributed by atoms with Crippen molar-refractivity contribution in [2.24, 2.45) is 0 Å². The summed E-state index contributed by atoms with van der Waals surface area (Å²) in [5, 5.41) is 0. The van der Waals surface area contributed by atoms with Crippen molar-refractivity contribution in [2.45, 2.75) is 26.9 Å². The molecule has 0 saturated heterocycles. The first kappa shape index (κ1) is 11.5. The summed E-state index contributed by atoms with van der Waals surface area (Å²) in [7, 11) is 1.96. The van der Waals surface area contributed by atoms with Gasteiger partial charge in [-0.1, -0.05) is 24.3 Å². The van der Waals surface area contributed by atoms with Crippen LogP contribution in [0.4, 0.5) is 5.69 Å². The first-order valence-electron chi connectivity index (χ1n) is 5.72. The molecule has 0 radical (unpaired) electrons. The van der Waals surface area contributed by atoms with Gasteiger partial charge in [0.25, 0.3) is 0 Å². The second-order valence-corrected chi connectivity index (χ2v) is 4.54. The number of hydrogen-bond acceptors (Lipinski definition) is 2. The molecule has 1 heterocycles. The molecule has 2 rings (SSSR count). The third-order valence-electron chi connectivity index (χ3n) is 3.32. The Balaban J connectivity index is 2.42. The van der Waals surface area contributed by atoms with Gasteiger partial charge >= 0.3 is 0 Å². The van der Waals surface area contributed by atoms with Crippen molar-refractivity contribution in [1.29, 1.82) is 0 Å². The molecule has 3 nitrogen and oxygen atoms in total. The van der Waals surface area contributed by atoms with Crippen molar-refractivity contribution in [2.75, 3.05) is 11.9 Å². The highest BCUT2D eigenvalue weighted by atomic mass is 15.4.